The molecule has 0 atom stereocenters. The summed E-state index contributed by atoms with van der Waals surface area (Å²) < 4.78 is 26.4. The Labute approximate surface area is 165 Å². The van der Waals surface area contributed by atoms with Gasteiger partial charge in [0.15, 0.2) is 0 Å². The first-order valence-corrected chi connectivity index (χ1v) is 9.30. The summed E-state index contributed by atoms with van der Waals surface area (Å²) in [4.78, 5) is 15.9. The van der Waals surface area contributed by atoms with Crippen LogP contribution < -0.4 is 10.6 Å². The Balaban J connectivity index is 1.57. The number of halogens is 2. The molecular weight excluding hydrogens is 362 g/mol. The number of likely N-dealkylation sites (N-methyl/N-ethyl adjacent to an activating group) is 2. The van der Waals surface area contributed by atoms with Crippen molar-refractivity contribution < 1.29 is 13.6 Å². The van der Waals surface area contributed by atoms with Crippen LogP contribution in [-0.4, -0.2) is 56.1 Å². The van der Waals surface area contributed by atoms with E-state index in [0.29, 0.717) is 39.3 Å². The van der Waals surface area contributed by atoms with Crippen molar-refractivity contribution in [3.63, 3.8) is 0 Å². The second-order valence-corrected chi connectivity index (χ2v) is 6.92. The van der Waals surface area contributed by atoms with Gasteiger partial charge in [0.2, 0.25) is 0 Å². The molecule has 0 aliphatic carbocycles. The predicted molar refractivity (Wildman–Crippen MR) is 107 cm³/mol. The summed E-state index contributed by atoms with van der Waals surface area (Å²) in [7, 11) is 3.84. The molecule has 0 fully saturated rings. The molecule has 2 aromatic carbocycles. The molecule has 2 N–H and O–H groups in total. The Morgan fingerprint density at radius 3 is 1.64 bits per heavy atom. The summed E-state index contributed by atoms with van der Waals surface area (Å²) in [5.41, 5.74) is 1.79. The summed E-state index contributed by atoms with van der Waals surface area (Å²) in [5, 5.41) is 5.62. The average Bonchev–Trinajstić information content (AvgIpc) is 2.61. The van der Waals surface area contributed by atoms with Crippen molar-refractivity contribution in [2.75, 3.05) is 40.3 Å². The average molecular weight is 390 g/mol. The summed E-state index contributed by atoms with van der Waals surface area (Å²) in [6, 6.07) is 12.8. The normalized spacial score (nSPS) is 11.1. The Bertz CT molecular complexity index is 695. The third-order valence-corrected chi connectivity index (χ3v) is 4.24. The van der Waals surface area contributed by atoms with E-state index in [4.69, 9.17) is 0 Å². The van der Waals surface area contributed by atoms with Gasteiger partial charge in [-0.3, -0.25) is 0 Å². The minimum Gasteiger partial charge on any atom is -0.337 e. The number of nitrogens with zero attached hydrogens (tertiary/aromatic N) is 2. The molecule has 0 spiro atoms. The largest absolute Gasteiger partial charge is 0.337 e. The van der Waals surface area contributed by atoms with Gasteiger partial charge in [0, 0.05) is 39.3 Å². The highest BCUT2D eigenvalue weighted by Crippen LogP contribution is 2.06. The molecule has 7 heteroatoms. The summed E-state index contributed by atoms with van der Waals surface area (Å²) in [5.74, 6) is -0.489. The molecule has 0 bridgehead atoms. The van der Waals surface area contributed by atoms with Gasteiger partial charge in [0.25, 0.3) is 0 Å². The summed E-state index contributed by atoms with van der Waals surface area (Å²) in [6.07, 6.45) is 0. The summed E-state index contributed by atoms with van der Waals surface area (Å²) in [6.45, 7) is 3.54. The van der Waals surface area contributed by atoms with Crippen molar-refractivity contribution in [1.29, 1.82) is 0 Å². The van der Waals surface area contributed by atoms with Crippen LogP contribution in [0.2, 0.25) is 0 Å². The van der Waals surface area contributed by atoms with Gasteiger partial charge in [-0.2, -0.15) is 0 Å². The molecule has 2 aromatic rings. The Morgan fingerprint density at radius 2 is 1.25 bits per heavy atom. The van der Waals surface area contributed by atoms with E-state index in [2.05, 4.69) is 10.6 Å². The molecule has 152 valence electrons. The highest BCUT2D eigenvalue weighted by atomic mass is 19.1. The fraction of sp³-hybridized carbons (Fsp3) is 0.381. The maximum atomic E-state index is 13.2. The number of carbonyl (C=O) groups excluding carboxylic acids is 1. The molecule has 0 aromatic heterocycles. The molecule has 0 heterocycles. The van der Waals surface area contributed by atoms with Crippen LogP contribution in [0.1, 0.15) is 11.1 Å². The lowest BCUT2D eigenvalue weighted by atomic mass is 10.2. The van der Waals surface area contributed by atoms with Crippen LogP contribution in [0, 0.1) is 11.6 Å². The molecule has 2 amide bonds. The van der Waals surface area contributed by atoms with E-state index in [1.54, 1.807) is 12.1 Å². The number of benzene rings is 2. The van der Waals surface area contributed by atoms with E-state index in [1.165, 1.54) is 24.3 Å². The third kappa shape index (κ3) is 8.45. The number of hydrogen-bond acceptors (Lipinski definition) is 3. The third-order valence-electron chi connectivity index (χ3n) is 4.24. The van der Waals surface area contributed by atoms with Gasteiger partial charge in [0.05, 0.1) is 0 Å². The molecule has 5 nitrogen and oxygen atoms in total. The first-order chi connectivity index (χ1) is 13.4. The van der Waals surface area contributed by atoms with E-state index in [1.807, 2.05) is 36.0 Å². The number of carbonyl (C=O) groups is 1. The van der Waals surface area contributed by atoms with Gasteiger partial charge < -0.3 is 20.4 Å². The monoisotopic (exact) mass is 390 g/mol. The van der Waals surface area contributed by atoms with E-state index in [9.17, 15) is 13.6 Å². The Hall–Kier alpha value is -2.51. The van der Waals surface area contributed by atoms with Gasteiger partial charge in [0.1, 0.15) is 11.6 Å². The van der Waals surface area contributed by atoms with Gasteiger partial charge in [-0.15, -0.1) is 0 Å². The van der Waals surface area contributed by atoms with Crippen LogP contribution in [0.3, 0.4) is 0 Å². The van der Waals surface area contributed by atoms with Crippen molar-refractivity contribution in [1.82, 2.24) is 20.4 Å². The number of hydrogen-bond donors (Lipinski definition) is 2. The zero-order valence-electron chi connectivity index (χ0n) is 16.4. The first kappa shape index (κ1) is 21.8. The fourth-order valence-electron chi connectivity index (χ4n) is 2.84. The minimum absolute atomic E-state index is 0.224. The smallest absolute Gasteiger partial charge is 0.314 e. The molecule has 0 aliphatic heterocycles. The van der Waals surface area contributed by atoms with E-state index in [0.717, 1.165) is 11.1 Å². The molecular formula is C21H28F2N4O. The van der Waals surface area contributed by atoms with Crippen LogP contribution in [0.5, 0.6) is 0 Å². The van der Waals surface area contributed by atoms with Crippen molar-refractivity contribution in [2.45, 2.75) is 13.1 Å². The standard InChI is InChI=1S/C21H28F2N4O/c1-26(15-17-5-3-7-19(22)13-17)11-9-24-21(28)25-10-12-27(2)16-18-6-4-8-20(23)14-18/h3-8,13-14H,9-12,15-16H2,1-2H3,(H2,24,25,28). The van der Waals surface area contributed by atoms with Gasteiger partial charge in [-0.25, -0.2) is 13.6 Å². The maximum Gasteiger partial charge on any atom is 0.314 e. The number of rotatable bonds is 10. The lowest BCUT2D eigenvalue weighted by Crippen LogP contribution is -2.42. The van der Waals surface area contributed by atoms with Crippen molar-refractivity contribution in [2.24, 2.45) is 0 Å². The Morgan fingerprint density at radius 1 is 0.821 bits per heavy atom. The number of nitrogens with one attached hydrogen (secondary N) is 2. The first-order valence-electron chi connectivity index (χ1n) is 9.30. The van der Waals surface area contributed by atoms with E-state index >= 15 is 0 Å². The highest BCUT2D eigenvalue weighted by molar-refractivity contribution is 5.73. The second kappa shape index (κ2) is 11.4. The van der Waals surface area contributed by atoms with Crippen LogP contribution >= 0.6 is 0 Å². The zero-order chi connectivity index (χ0) is 20.4. The quantitative estimate of drug-likeness (QED) is 0.656. The predicted octanol–water partition coefficient (Wildman–Crippen LogP) is 2.83. The Kier molecular flexibility index (Phi) is 8.84. The van der Waals surface area contributed by atoms with Crippen molar-refractivity contribution >= 4 is 6.03 Å². The molecule has 28 heavy (non-hydrogen) atoms. The van der Waals surface area contributed by atoms with E-state index < -0.39 is 0 Å². The molecule has 0 radical (unpaired) electrons. The lowest BCUT2D eigenvalue weighted by molar-refractivity contribution is 0.235. The molecule has 0 unspecified atom stereocenters. The molecule has 0 saturated carbocycles. The second-order valence-electron chi connectivity index (χ2n) is 6.92. The van der Waals surface area contributed by atoms with Crippen molar-refractivity contribution in [3.8, 4) is 0 Å². The highest BCUT2D eigenvalue weighted by Gasteiger charge is 2.05. The van der Waals surface area contributed by atoms with E-state index in [-0.39, 0.29) is 17.7 Å². The van der Waals surface area contributed by atoms with Gasteiger partial charge in [-0.1, -0.05) is 24.3 Å². The maximum absolute atomic E-state index is 13.2. The van der Waals surface area contributed by atoms with Crippen molar-refractivity contribution in [3.05, 3.63) is 71.3 Å². The molecule has 0 saturated heterocycles. The van der Waals surface area contributed by atoms with Gasteiger partial charge >= 0.3 is 6.03 Å². The van der Waals surface area contributed by atoms with Crippen LogP contribution in [0.4, 0.5) is 13.6 Å². The SMILES string of the molecule is CN(CCNC(=O)NCCN(C)Cc1cccc(F)c1)Cc1cccc(F)c1. The van der Waals surface area contributed by atoms with Crippen LogP contribution in [0.25, 0.3) is 0 Å². The summed E-state index contributed by atoms with van der Waals surface area (Å²) >= 11 is 0. The van der Waals surface area contributed by atoms with Gasteiger partial charge in [-0.05, 0) is 49.5 Å². The lowest BCUT2D eigenvalue weighted by Gasteiger charge is -2.18. The van der Waals surface area contributed by atoms with Crippen LogP contribution in [-0.2, 0) is 13.1 Å². The fourth-order valence-corrected chi connectivity index (χ4v) is 2.84. The minimum atomic E-state index is -0.245. The zero-order valence-corrected chi connectivity index (χ0v) is 16.4. The topological polar surface area (TPSA) is 47.6 Å². The molecule has 0 aliphatic rings. The molecule has 2 rings (SSSR count). The van der Waals surface area contributed by atoms with Crippen LogP contribution in [0.15, 0.2) is 48.5 Å². The number of amides is 2. The number of urea groups is 1.